The number of pyridine rings is 1. The molecule has 2 atom stereocenters. The molecule has 3 N–H and O–H groups in total. The molecule has 1 aliphatic rings. The van der Waals surface area contributed by atoms with Crippen molar-refractivity contribution < 1.29 is 9.84 Å². The highest BCUT2D eigenvalue weighted by molar-refractivity contribution is 5.46. The molecule has 0 aromatic carbocycles. The van der Waals surface area contributed by atoms with E-state index in [1.54, 1.807) is 6.07 Å². The smallest absolute Gasteiger partial charge is 0.131 e. The second-order valence-electron chi connectivity index (χ2n) is 4.06. The first kappa shape index (κ1) is 11.2. The molecule has 0 aliphatic carbocycles. The van der Waals surface area contributed by atoms with Crippen LogP contribution >= 0.6 is 0 Å². The Bertz CT molecular complexity index is 359. The van der Waals surface area contributed by atoms with Gasteiger partial charge in [-0.2, -0.15) is 0 Å². The first-order chi connectivity index (χ1) is 7.70. The molecule has 1 aromatic rings. The number of morpholine rings is 1. The highest BCUT2D eigenvalue weighted by Gasteiger charge is 2.26. The molecule has 5 nitrogen and oxygen atoms in total. The fourth-order valence-electron chi connectivity index (χ4n) is 1.85. The molecule has 2 rings (SSSR count). The number of aromatic nitrogens is 1. The zero-order valence-electron chi connectivity index (χ0n) is 9.34. The van der Waals surface area contributed by atoms with Crippen LogP contribution in [0.2, 0.25) is 0 Å². The average Bonchev–Trinajstić information content (AvgIpc) is 2.30. The Morgan fingerprint density at radius 2 is 2.44 bits per heavy atom. The summed E-state index contributed by atoms with van der Waals surface area (Å²) in [6.45, 7) is 3.35. The maximum absolute atomic E-state index is 9.10. The third-order valence-corrected chi connectivity index (χ3v) is 2.76. The van der Waals surface area contributed by atoms with Crippen LogP contribution in [0.25, 0.3) is 0 Å². The van der Waals surface area contributed by atoms with Crippen molar-refractivity contribution in [1.29, 1.82) is 0 Å². The Morgan fingerprint density at radius 3 is 3.12 bits per heavy atom. The van der Waals surface area contributed by atoms with Gasteiger partial charge in [0.1, 0.15) is 11.6 Å². The predicted octanol–water partition coefficient (Wildman–Crippen LogP) is 0.250. The van der Waals surface area contributed by atoms with Crippen molar-refractivity contribution in [2.45, 2.75) is 19.1 Å². The van der Waals surface area contributed by atoms with E-state index in [2.05, 4.69) is 16.8 Å². The molecule has 1 fully saturated rings. The minimum Gasteiger partial charge on any atom is -0.394 e. The van der Waals surface area contributed by atoms with Gasteiger partial charge in [-0.3, -0.25) is 0 Å². The molecular weight excluding hydrogens is 206 g/mol. The molecule has 5 heteroatoms. The summed E-state index contributed by atoms with van der Waals surface area (Å²) in [4.78, 5) is 6.39. The van der Waals surface area contributed by atoms with Gasteiger partial charge in [0.25, 0.3) is 0 Å². The predicted molar refractivity (Wildman–Crippen MR) is 62.3 cm³/mol. The van der Waals surface area contributed by atoms with Gasteiger partial charge in [-0.1, -0.05) is 6.07 Å². The summed E-state index contributed by atoms with van der Waals surface area (Å²) < 4.78 is 5.47. The summed E-state index contributed by atoms with van der Waals surface area (Å²) in [5.74, 6) is 1.35. The minimum absolute atomic E-state index is 0.0333. The minimum atomic E-state index is -0.139. The van der Waals surface area contributed by atoms with E-state index < -0.39 is 0 Å². The van der Waals surface area contributed by atoms with Gasteiger partial charge >= 0.3 is 0 Å². The van der Waals surface area contributed by atoms with Crippen LogP contribution in [0.1, 0.15) is 6.92 Å². The molecule has 0 spiro atoms. The topological polar surface area (TPSA) is 71.6 Å². The lowest BCUT2D eigenvalue weighted by atomic mass is 10.2. The van der Waals surface area contributed by atoms with E-state index in [1.165, 1.54) is 0 Å². The van der Waals surface area contributed by atoms with Gasteiger partial charge in [-0.25, -0.2) is 4.98 Å². The van der Waals surface area contributed by atoms with Crippen LogP contribution in [0, 0.1) is 0 Å². The largest absolute Gasteiger partial charge is 0.394 e. The van der Waals surface area contributed by atoms with Crippen molar-refractivity contribution >= 4 is 11.6 Å². The fraction of sp³-hybridized carbons (Fsp3) is 0.545. The summed E-state index contributed by atoms with van der Waals surface area (Å²) in [6.07, 6.45) is -0.139. The first-order valence-corrected chi connectivity index (χ1v) is 5.42. The number of aliphatic hydroxyl groups excluding tert-OH is 1. The summed E-state index contributed by atoms with van der Waals surface area (Å²) in [7, 11) is 0. The lowest BCUT2D eigenvalue weighted by Gasteiger charge is -2.38. The summed E-state index contributed by atoms with van der Waals surface area (Å²) in [5, 5.41) is 9.10. The van der Waals surface area contributed by atoms with E-state index in [0.29, 0.717) is 19.0 Å². The molecule has 0 saturated carbocycles. The third kappa shape index (κ3) is 2.25. The van der Waals surface area contributed by atoms with E-state index in [-0.39, 0.29) is 18.8 Å². The highest BCUT2D eigenvalue weighted by Crippen LogP contribution is 2.20. The zero-order chi connectivity index (χ0) is 11.5. The second kappa shape index (κ2) is 4.67. The Labute approximate surface area is 94.8 Å². The van der Waals surface area contributed by atoms with Crippen LogP contribution in [0.15, 0.2) is 18.2 Å². The summed E-state index contributed by atoms with van der Waals surface area (Å²) >= 11 is 0. The van der Waals surface area contributed by atoms with E-state index in [9.17, 15) is 0 Å². The fourth-order valence-corrected chi connectivity index (χ4v) is 1.85. The van der Waals surface area contributed by atoms with Crippen LogP contribution in [-0.2, 0) is 4.74 Å². The SMILES string of the molecule is CC1COC(CO)CN1c1cccc(N)n1. The normalized spacial score (nSPS) is 25.8. The van der Waals surface area contributed by atoms with E-state index in [0.717, 1.165) is 5.82 Å². The standard InChI is InChI=1S/C11H17N3O2/c1-8-7-16-9(6-15)5-14(8)11-4-2-3-10(12)13-11/h2-4,8-9,15H,5-7H2,1H3,(H2,12,13). The van der Waals surface area contributed by atoms with Crippen LogP contribution in [-0.4, -0.2) is 42.0 Å². The Hall–Kier alpha value is -1.33. The van der Waals surface area contributed by atoms with Gasteiger partial charge in [-0.15, -0.1) is 0 Å². The summed E-state index contributed by atoms with van der Waals surface area (Å²) in [6, 6.07) is 5.82. The quantitative estimate of drug-likeness (QED) is 0.752. The number of aliphatic hydroxyl groups is 1. The van der Waals surface area contributed by atoms with Crippen molar-refractivity contribution in [1.82, 2.24) is 4.98 Å². The number of nitrogens with two attached hydrogens (primary N) is 1. The first-order valence-electron chi connectivity index (χ1n) is 5.42. The van der Waals surface area contributed by atoms with Crippen molar-refractivity contribution in [2.75, 3.05) is 30.4 Å². The number of hydrogen-bond donors (Lipinski definition) is 2. The maximum atomic E-state index is 9.10. The molecule has 1 aromatic heterocycles. The Balaban J connectivity index is 2.17. The summed E-state index contributed by atoms with van der Waals surface area (Å²) in [5.41, 5.74) is 5.66. The van der Waals surface area contributed by atoms with Crippen molar-refractivity contribution in [3.8, 4) is 0 Å². The molecule has 0 radical (unpaired) electrons. The second-order valence-corrected chi connectivity index (χ2v) is 4.06. The van der Waals surface area contributed by atoms with Crippen LogP contribution in [0.5, 0.6) is 0 Å². The number of ether oxygens (including phenoxy) is 1. The monoisotopic (exact) mass is 223 g/mol. The molecule has 1 aliphatic heterocycles. The van der Waals surface area contributed by atoms with Crippen LogP contribution in [0.4, 0.5) is 11.6 Å². The maximum Gasteiger partial charge on any atom is 0.131 e. The van der Waals surface area contributed by atoms with Gasteiger partial charge in [0, 0.05) is 6.54 Å². The van der Waals surface area contributed by atoms with E-state index in [4.69, 9.17) is 15.6 Å². The van der Waals surface area contributed by atoms with Gasteiger partial charge in [-0.05, 0) is 19.1 Å². The number of anilines is 2. The van der Waals surface area contributed by atoms with Gasteiger partial charge in [0.15, 0.2) is 0 Å². The van der Waals surface area contributed by atoms with E-state index in [1.807, 2.05) is 12.1 Å². The number of rotatable bonds is 2. The van der Waals surface area contributed by atoms with Crippen LogP contribution in [0.3, 0.4) is 0 Å². The molecule has 0 bridgehead atoms. The molecule has 16 heavy (non-hydrogen) atoms. The highest BCUT2D eigenvalue weighted by atomic mass is 16.5. The zero-order valence-corrected chi connectivity index (χ0v) is 9.34. The van der Waals surface area contributed by atoms with Crippen molar-refractivity contribution in [3.63, 3.8) is 0 Å². The number of nitrogen functional groups attached to an aromatic ring is 1. The molecule has 2 unspecified atom stereocenters. The lowest BCUT2D eigenvalue weighted by Crippen LogP contribution is -2.50. The van der Waals surface area contributed by atoms with Gasteiger partial charge in [0.2, 0.25) is 0 Å². The van der Waals surface area contributed by atoms with E-state index >= 15 is 0 Å². The van der Waals surface area contributed by atoms with Gasteiger partial charge < -0.3 is 20.5 Å². The average molecular weight is 223 g/mol. The van der Waals surface area contributed by atoms with Crippen molar-refractivity contribution in [3.05, 3.63) is 18.2 Å². The molecule has 1 saturated heterocycles. The van der Waals surface area contributed by atoms with Gasteiger partial charge in [0.05, 0.1) is 25.4 Å². The number of hydrogen-bond acceptors (Lipinski definition) is 5. The molecule has 88 valence electrons. The lowest BCUT2D eigenvalue weighted by molar-refractivity contribution is -0.0105. The molecule has 0 amide bonds. The third-order valence-electron chi connectivity index (χ3n) is 2.76. The Kier molecular flexibility index (Phi) is 3.26. The Morgan fingerprint density at radius 1 is 1.62 bits per heavy atom. The number of nitrogens with zero attached hydrogens (tertiary/aromatic N) is 2. The van der Waals surface area contributed by atoms with Crippen molar-refractivity contribution in [2.24, 2.45) is 0 Å². The van der Waals surface area contributed by atoms with Crippen LogP contribution < -0.4 is 10.6 Å². The molecular formula is C11H17N3O2. The molecule has 2 heterocycles.